The fourth-order valence-corrected chi connectivity index (χ4v) is 2.01. The van der Waals surface area contributed by atoms with Crippen LogP contribution in [0.5, 0.6) is 17.2 Å². The summed E-state index contributed by atoms with van der Waals surface area (Å²) >= 11 is 4.08. The highest BCUT2D eigenvalue weighted by molar-refractivity contribution is 7.80. The molecule has 5 nitrogen and oxygen atoms in total. The van der Waals surface area contributed by atoms with Crippen LogP contribution in [0.3, 0.4) is 0 Å². The molecule has 0 saturated carbocycles. The van der Waals surface area contributed by atoms with Gasteiger partial charge in [0.15, 0.2) is 11.6 Å². The average Bonchev–Trinajstić information content (AvgIpc) is 2.45. The number of nitro benzene ring substituents is 1. The standard InChI is InChI=1S/C15H13F2NO4S/c1-8(2)21-13-7-14(15(23)6-10(13)17)22-12-4-3-9(16)5-11(12)18(19)20/h3-8,23H,1-2H3. The molecular weight excluding hydrogens is 328 g/mol. The smallest absolute Gasteiger partial charge is 0.314 e. The Morgan fingerprint density at radius 3 is 2.43 bits per heavy atom. The van der Waals surface area contributed by atoms with E-state index in [1.165, 1.54) is 6.07 Å². The molecule has 0 fully saturated rings. The maximum absolute atomic E-state index is 13.8. The third-order valence-electron chi connectivity index (χ3n) is 2.71. The molecule has 2 aromatic carbocycles. The van der Waals surface area contributed by atoms with Crippen molar-refractivity contribution in [2.24, 2.45) is 0 Å². The molecule has 0 unspecified atom stereocenters. The van der Waals surface area contributed by atoms with Gasteiger partial charge in [-0.25, -0.2) is 8.78 Å². The van der Waals surface area contributed by atoms with Crippen molar-refractivity contribution in [3.05, 3.63) is 52.1 Å². The van der Waals surface area contributed by atoms with Crippen LogP contribution in [0, 0.1) is 21.7 Å². The van der Waals surface area contributed by atoms with Gasteiger partial charge in [-0.05, 0) is 32.0 Å². The van der Waals surface area contributed by atoms with Gasteiger partial charge in [-0.15, -0.1) is 12.6 Å². The topological polar surface area (TPSA) is 61.6 Å². The minimum Gasteiger partial charge on any atom is -0.488 e. The fraction of sp³-hybridized carbons (Fsp3) is 0.200. The van der Waals surface area contributed by atoms with Crippen LogP contribution in [-0.2, 0) is 0 Å². The number of nitrogens with zero attached hydrogens (tertiary/aromatic N) is 1. The molecule has 0 spiro atoms. The molecule has 2 aromatic rings. The third-order valence-corrected chi connectivity index (χ3v) is 3.06. The highest BCUT2D eigenvalue weighted by Gasteiger charge is 2.19. The first-order valence-electron chi connectivity index (χ1n) is 6.59. The van der Waals surface area contributed by atoms with Gasteiger partial charge in [0.1, 0.15) is 11.6 Å². The van der Waals surface area contributed by atoms with Gasteiger partial charge in [-0.1, -0.05) is 0 Å². The van der Waals surface area contributed by atoms with E-state index in [0.717, 1.165) is 24.3 Å². The monoisotopic (exact) mass is 341 g/mol. The maximum atomic E-state index is 13.8. The molecule has 0 aromatic heterocycles. The molecule has 0 amide bonds. The van der Waals surface area contributed by atoms with Gasteiger partial charge in [-0.2, -0.15) is 0 Å². The second kappa shape index (κ2) is 6.82. The van der Waals surface area contributed by atoms with Crippen molar-refractivity contribution in [3.63, 3.8) is 0 Å². The normalized spacial score (nSPS) is 10.7. The molecule has 0 aliphatic carbocycles. The molecular formula is C15H13F2NO4S. The lowest BCUT2D eigenvalue weighted by Crippen LogP contribution is -2.07. The number of ether oxygens (including phenoxy) is 2. The summed E-state index contributed by atoms with van der Waals surface area (Å²) in [5.74, 6) is -1.60. The Kier molecular flexibility index (Phi) is 5.05. The van der Waals surface area contributed by atoms with Gasteiger partial charge in [0.05, 0.1) is 22.0 Å². The van der Waals surface area contributed by atoms with Crippen LogP contribution < -0.4 is 9.47 Å². The van der Waals surface area contributed by atoms with Crippen molar-refractivity contribution in [3.8, 4) is 17.2 Å². The molecule has 122 valence electrons. The van der Waals surface area contributed by atoms with E-state index in [9.17, 15) is 18.9 Å². The lowest BCUT2D eigenvalue weighted by molar-refractivity contribution is -0.385. The maximum Gasteiger partial charge on any atom is 0.314 e. The predicted molar refractivity (Wildman–Crippen MR) is 82.5 cm³/mol. The molecule has 0 N–H and O–H groups in total. The van der Waals surface area contributed by atoms with Crippen LogP contribution in [0.15, 0.2) is 35.2 Å². The van der Waals surface area contributed by atoms with Gasteiger partial charge >= 0.3 is 5.69 Å². The van der Waals surface area contributed by atoms with Crippen LogP contribution in [0.25, 0.3) is 0 Å². The van der Waals surface area contributed by atoms with E-state index in [-0.39, 0.29) is 28.2 Å². The summed E-state index contributed by atoms with van der Waals surface area (Å²) in [4.78, 5) is 10.3. The quantitative estimate of drug-likeness (QED) is 0.485. The minimum atomic E-state index is -0.772. The zero-order chi connectivity index (χ0) is 17.1. The summed E-state index contributed by atoms with van der Waals surface area (Å²) in [6.07, 6.45) is -0.275. The first-order valence-corrected chi connectivity index (χ1v) is 7.03. The number of hydrogen-bond donors (Lipinski definition) is 1. The number of thiol groups is 1. The van der Waals surface area contributed by atoms with Crippen LogP contribution in [0.4, 0.5) is 14.5 Å². The van der Waals surface area contributed by atoms with Crippen molar-refractivity contribution >= 4 is 18.3 Å². The van der Waals surface area contributed by atoms with Crippen LogP contribution in [0.1, 0.15) is 13.8 Å². The van der Waals surface area contributed by atoms with Crippen LogP contribution in [0.2, 0.25) is 0 Å². The fourth-order valence-electron chi connectivity index (χ4n) is 1.79. The first kappa shape index (κ1) is 17.0. The SMILES string of the molecule is CC(C)Oc1cc(Oc2ccc(F)cc2[N+](=O)[O-])c(S)cc1F. The zero-order valence-corrected chi connectivity index (χ0v) is 13.1. The van der Waals surface area contributed by atoms with Crippen molar-refractivity contribution in [1.29, 1.82) is 0 Å². The van der Waals surface area contributed by atoms with E-state index >= 15 is 0 Å². The van der Waals surface area contributed by atoms with Gasteiger partial charge in [0.25, 0.3) is 0 Å². The van der Waals surface area contributed by atoms with Crippen LogP contribution in [-0.4, -0.2) is 11.0 Å². The minimum absolute atomic E-state index is 0.0556. The largest absolute Gasteiger partial charge is 0.488 e. The summed E-state index contributed by atoms with van der Waals surface area (Å²) in [5, 5.41) is 11.0. The Labute approximate surface area is 136 Å². The van der Waals surface area contributed by atoms with E-state index in [1.54, 1.807) is 13.8 Å². The Balaban J connectivity index is 2.42. The second-order valence-corrected chi connectivity index (χ2v) is 5.37. The summed E-state index contributed by atoms with van der Waals surface area (Å²) in [7, 11) is 0. The lowest BCUT2D eigenvalue weighted by atomic mass is 10.2. The molecule has 0 heterocycles. The summed E-state index contributed by atoms with van der Waals surface area (Å²) in [6, 6.07) is 5.20. The third kappa shape index (κ3) is 4.10. The van der Waals surface area contributed by atoms with E-state index in [0.29, 0.717) is 0 Å². The molecule has 0 aliphatic rings. The molecule has 0 atom stereocenters. The molecule has 8 heteroatoms. The molecule has 0 aliphatic heterocycles. The molecule has 0 bridgehead atoms. The number of benzene rings is 2. The number of hydrogen-bond acceptors (Lipinski definition) is 5. The summed E-state index contributed by atoms with van der Waals surface area (Å²) < 4.78 is 37.6. The van der Waals surface area contributed by atoms with Crippen molar-refractivity contribution < 1.29 is 23.2 Å². The van der Waals surface area contributed by atoms with Crippen LogP contribution >= 0.6 is 12.6 Å². The summed E-state index contributed by atoms with van der Waals surface area (Å²) in [5.41, 5.74) is -0.548. The van der Waals surface area contributed by atoms with E-state index in [2.05, 4.69) is 12.6 Å². The number of rotatable bonds is 5. The number of halogens is 2. The Morgan fingerprint density at radius 2 is 1.83 bits per heavy atom. The second-order valence-electron chi connectivity index (χ2n) is 4.89. The Hall–Kier alpha value is -2.35. The van der Waals surface area contributed by atoms with Gasteiger partial charge in [0, 0.05) is 6.07 Å². The molecule has 23 heavy (non-hydrogen) atoms. The van der Waals surface area contributed by atoms with E-state index in [1.807, 2.05) is 0 Å². The van der Waals surface area contributed by atoms with E-state index < -0.39 is 22.2 Å². The number of nitro groups is 1. The first-order chi connectivity index (χ1) is 10.8. The molecule has 0 radical (unpaired) electrons. The van der Waals surface area contributed by atoms with Crippen molar-refractivity contribution in [2.75, 3.05) is 0 Å². The molecule has 0 saturated heterocycles. The molecule has 2 rings (SSSR count). The highest BCUT2D eigenvalue weighted by Crippen LogP contribution is 2.37. The Morgan fingerprint density at radius 1 is 1.13 bits per heavy atom. The van der Waals surface area contributed by atoms with Gasteiger partial charge < -0.3 is 9.47 Å². The zero-order valence-electron chi connectivity index (χ0n) is 12.2. The van der Waals surface area contributed by atoms with Gasteiger partial charge in [-0.3, -0.25) is 10.1 Å². The van der Waals surface area contributed by atoms with Crippen molar-refractivity contribution in [2.45, 2.75) is 24.8 Å². The lowest BCUT2D eigenvalue weighted by Gasteiger charge is -2.14. The Bertz CT molecular complexity index is 752. The average molecular weight is 341 g/mol. The van der Waals surface area contributed by atoms with Crippen molar-refractivity contribution in [1.82, 2.24) is 0 Å². The predicted octanol–water partition coefficient (Wildman–Crippen LogP) is 4.74. The summed E-state index contributed by atoms with van der Waals surface area (Å²) in [6.45, 7) is 3.44. The highest BCUT2D eigenvalue weighted by atomic mass is 32.1. The van der Waals surface area contributed by atoms with Gasteiger partial charge in [0.2, 0.25) is 5.75 Å². The van der Waals surface area contributed by atoms with E-state index in [4.69, 9.17) is 9.47 Å².